The molecule has 3 N–H and O–H groups in total. The van der Waals surface area contributed by atoms with E-state index in [1.807, 2.05) is 6.20 Å². The minimum atomic E-state index is 0.812. The lowest BCUT2D eigenvalue weighted by molar-refractivity contribution is 0.609. The predicted molar refractivity (Wildman–Crippen MR) is 71.0 cm³/mol. The quantitative estimate of drug-likeness (QED) is 0.663. The Balaban J connectivity index is 1.46. The molecule has 0 saturated heterocycles. The first-order valence-corrected chi connectivity index (χ1v) is 6.42. The SMILES string of the molecule is c1cc2ccc(CNCCNC3CC3)cc2[nH]1. The molecule has 1 aliphatic rings. The number of H-pyrrole nitrogens is 1. The maximum absolute atomic E-state index is 3.50. The van der Waals surface area contributed by atoms with Crippen LogP contribution in [0.4, 0.5) is 0 Å². The zero-order valence-electron chi connectivity index (χ0n) is 10.00. The molecule has 0 bridgehead atoms. The average molecular weight is 229 g/mol. The summed E-state index contributed by atoms with van der Waals surface area (Å²) in [5.41, 5.74) is 2.56. The van der Waals surface area contributed by atoms with Crippen molar-refractivity contribution in [1.29, 1.82) is 0 Å². The molecule has 17 heavy (non-hydrogen) atoms. The maximum atomic E-state index is 3.50. The molecular weight excluding hydrogens is 210 g/mol. The van der Waals surface area contributed by atoms with E-state index >= 15 is 0 Å². The summed E-state index contributed by atoms with van der Waals surface area (Å²) in [4.78, 5) is 3.24. The second-order valence-corrected chi connectivity index (χ2v) is 4.80. The summed E-state index contributed by atoms with van der Waals surface area (Å²) in [5.74, 6) is 0. The lowest BCUT2D eigenvalue weighted by Gasteiger charge is -2.06. The van der Waals surface area contributed by atoms with E-state index in [0.717, 1.165) is 25.7 Å². The topological polar surface area (TPSA) is 39.8 Å². The van der Waals surface area contributed by atoms with E-state index in [1.54, 1.807) is 0 Å². The first kappa shape index (κ1) is 10.8. The molecule has 3 heteroatoms. The number of hydrogen-bond donors (Lipinski definition) is 3. The van der Waals surface area contributed by atoms with E-state index in [4.69, 9.17) is 0 Å². The van der Waals surface area contributed by atoms with Crippen molar-refractivity contribution < 1.29 is 0 Å². The Morgan fingerprint density at radius 2 is 2.12 bits per heavy atom. The molecule has 1 saturated carbocycles. The van der Waals surface area contributed by atoms with Crippen LogP contribution in [0.25, 0.3) is 10.9 Å². The molecule has 0 amide bonds. The third kappa shape index (κ3) is 2.87. The van der Waals surface area contributed by atoms with Crippen LogP contribution in [0.15, 0.2) is 30.5 Å². The van der Waals surface area contributed by atoms with Crippen LogP contribution in [0.3, 0.4) is 0 Å². The van der Waals surface area contributed by atoms with Crippen LogP contribution in [0.2, 0.25) is 0 Å². The van der Waals surface area contributed by atoms with Crippen molar-refractivity contribution >= 4 is 10.9 Å². The Labute approximate surface area is 102 Å². The second kappa shape index (κ2) is 4.90. The number of benzene rings is 1. The highest BCUT2D eigenvalue weighted by Gasteiger charge is 2.19. The van der Waals surface area contributed by atoms with Crippen molar-refractivity contribution in [3.8, 4) is 0 Å². The Bertz CT molecular complexity index is 485. The Kier molecular flexibility index (Phi) is 3.12. The fourth-order valence-electron chi connectivity index (χ4n) is 2.09. The van der Waals surface area contributed by atoms with Gasteiger partial charge in [-0.2, -0.15) is 0 Å². The number of aromatic amines is 1. The van der Waals surface area contributed by atoms with Crippen LogP contribution < -0.4 is 10.6 Å². The largest absolute Gasteiger partial charge is 0.361 e. The van der Waals surface area contributed by atoms with Gasteiger partial charge in [-0.1, -0.05) is 12.1 Å². The van der Waals surface area contributed by atoms with Crippen molar-refractivity contribution in [2.24, 2.45) is 0 Å². The normalized spacial score (nSPS) is 15.5. The van der Waals surface area contributed by atoms with Gasteiger partial charge in [-0.05, 0) is 35.9 Å². The lowest BCUT2D eigenvalue weighted by atomic mass is 10.1. The Morgan fingerprint density at radius 3 is 3.00 bits per heavy atom. The van der Waals surface area contributed by atoms with Gasteiger partial charge in [0.15, 0.2) is 0 Å². The van der Waals surface area contributed by atoms with Gasteiger partial charge >= 0.3 is 0 Å². The summed E-state index contributed by atoms with van der Waals surface area (Å²) in [7, 11) is 0. The van der Waals surface area contributed by atoms with Gasteiger partial charge in [0.05, 0.1) is 0 Å². The Hall–Kier alpha value is -1.32. The van der Waals surface area contributed by atoms with E-state index < -0.39 is 0 Å². The molecule has 0 spiro atoms. The summed E-state index contributed by atoms with van der Waals surface area (Å²) >= 11 is 0. The highest BCUT2D eigenvalue weighted by Crippen LogP contribution is 2.17. The van der Waals surface area contributed by atoms with Gasteiger partial charge in [-0.15, -0.1) is 0 Å². The van der Waals surface area contributed by atoms with Crippen LogP contribution in [-0.2, 0) is 6.54 Å². The van der Waals surface area contributed by atoms with Crippen molar-refractivity contribution in [1.82, 2.24) is 15.6 Å². The van der Waals surface area contributed by atoms with E-state index in [1.165, 1.54) is 29.3 Å². The standard InChI is InChI=1S/C14H19N3/c1-2-12-5-6-17-14(12)9-11(1)10-15-7-8-16-13-3-4-13/h1-2,5-6,9,13,15-17H,3-4,7-8,10H2. The molecule has 1 fully saturated rings. The molecule has 0 aliphatic heterocycles. The smallest absolute Gasteiger partial charge is 0.0457 e. The highest BCUT2D eigenvalue weighted by molar-refractivity contribution is 5.79. The van der Waals surface area contributed by atoms with E-state index in [-0.39, 0.29) is 0 Å². The fraction of sp³-hybridized carbons (Fsp3) is 0.429. The van der Waals surface area contributed by atoms with Gasteiger partial charge in [-0.25, -0.2) is 0 Å². The third-order valence-electron chi connectivity index (χ3n) is 3.26. The summed E-state index contributed by atoms with van der Waals surface area (Å²) in [6.45, 7) is 3.07. The molecule has 0 unspecified atom stereocenters. The first-order chi connectivity index (χ1) is 8.42. The number of fused-ring (bicyclic) bond motifs is 1. The number of nitrogens with one attached hydrogen (secondary N) is 3. The minimum Gasteiger partial charge on any atom is -0.361 e. The summed E-state index contributed by atoms with van der Waals surface area (Å²) < 4.78 is 0. The molecule has 1 aliphatic carbocycles. The number of rotatable bonds is 6. The first-order valence-electron chi connectivity index (χ1n) is 6.42. The predicted octanol–water partition coefficient (Wildman–Crippen LogP) is 2.01. The molecule has 1 heterocycles. The van der Waals surface area contributed by atoms with Crippen LogP contribution in [0.1, 0.15) is 18.4 Å². The van der Waals surface area contributed by atoms with Crippen LogP contribution in [0.5, 0.6) is 0 Å². The van der Waals surface area contributed by atoms with E-state index in [2.05, 4.69) is 39.9 Å². The van der Waals surface area contributed by atoms with Crippen molar-refractivity contribution in [2.75, 3.05) is 13.1 Å². The fourth-order valence-corrected chi connectivity index (χ4v) is 2.09. The molecule has 1 aromatic heterocycles. The third-order valence-corrected chi connectivity index (χ3v) is 3.26. The van der Waals surface area contributed by atoms with E-state index in [9.17, 15) is 0 Å². The maximum Gasteiger partial charge on any atom is 0.0457 e. The minimum absolute atomic E-state index is 0.812. The van der Waals surface area contributed by atoms with Crippen molar-refractivity contribution in [3.05, 3.63) is 36.0 Å². The zero-order chi connectivity index (χ0) is 11.5. The Morgan fingerprint density at radius 1 is 1.18 bits per heavy atom. The summed E-state index contributed by atoms with van der Waals surface area (Å²) in [6, 6.07) is 9.50. The van der Waals surface area contributed by atoms with E-state index in [0.29, 0.717) is 0 Å². The van der Waals surface area contributed by atoms with Gasteiger partial charge in [0.2, 0.25) is 0 Å². The molecular formula is C14H19N3. The van der Waals surface area contributed by atoms with Crippen molar-refractivity contribution in [3.63, 3.8) is 0 Å². The molecule has 90 valence electrons. The lowest BCUT2D eigenvalue weighted by Crippen LogP contribution is -2.28. The second-order valence-electron chi connectivity index (χ2n) is 4.80. The molecule has 3 nitrogen and oxygen atoms in total. The van der Waals surface area contributed by atoms with Gasteiger partial charge < -0.3 is 15.6 Å². The molecule has 1 aromatic carbocycles. The van der Waals surface area contributed by atoms with Gasteiger partial charge in [0, 0.05) is 37.4 Å². The molecule has 2 aromatic rings. The molecule has 0 radical (unpaired) electrons. The van der Waals surface area contributed by atoms with Gasteiger partial charge in [-0.3, -0.25) is 0 Å². The van der Waals surface area contributed by atoms with Gasteiger partial charge in [0.25, 0.3) is 0 Å². The van der Waals surface area contributed by atoms with Crippen LogP contribution in [0, 0.1) is 0 Å². The zero-order valence-corrected chi connectivity index (χ0v) is 10.00. The average Bonchev–Trinajstić information content (AvgIpc) is 3.05. The molecule has 3 rings (SSSR count). The van der Waals surface area contributed by atoms with Crippen LogP contribution >= 0.6 is 0 Å². The monoisotopic (exact) mass is 229 g/mol. The summed E-state index contributed by atoms with van der Waals surface area (Å²) in [5, 5.41) is 8.25. The highest BCUT2D eigenvalue weighted by atomic mass is 15.0. The summed E-state index contributed by atoms with van der Waals surface area (Å²) in [6.07, 6.45) is 4.72. The number of aromatic nitrogens is 1. The van der Waals surface area contributed by atoms with Crippen molar-refractivity contribution in [2.45, 2.75) is 25.4 Å². The molecule has 0 atom stereocenters. The van der Waals surface area contributed by atoms with Gasteiger partial charge in [0.1, 0.15) is 0 Å². The number of hydrogen-bond acceptors (Lipinski definition) is 2. The van der Waals surface area contributed by atoms with Crippen LogP contribution in [-0.4, -0.2) is 24.1 Å².